The molecule has 0 saturated carbocycles. The Labute approximate surface area is 134 Å². The van der Waals surface area contributed by atoms with Gasteiger partial charge in [-0.05, 0) is 31.2 Å². The number of hydrogen-bond acceptors (Lipinski definition) is 4. The van der Waals surface area contributed by atoms with E-state index in [1.54, 1.807) is 0 Å². The molecule has 2 aliphatic rings. The van der Waals surface area contributed by atoms with Gasteiger partial charge in [0.1, 0.15) is 5.58 Å². The van der Waals surface area contributed by atoms with Gasteiger partial charge in [-0.15, -0.1) is 12.4 Å². The lowest BCUT2D eigenvalue weighted by atomic mass is 10.0. The molecule has 0 saturated heterocycles. The standard InChI is InChI=1S/C15H16ClN3O.ClH/c1-19-7-4-9-11(16)2-3-12-13(9)10(8-19)14(20-12)15-17-5-6-18-15;/h2-3H,4-8H2,1H3,(H,17,18);1H. The number of hydrogen-bond donors (Lipinski definition) is 1. The lowest BCUT2D eigenvalue weighted by Crippen LogP contribution is -2.23. The number of nitrogens with one attached hydrogen (secondary N) is 1. The van der Waals surface area contributed by atoms with Crippen LogP contribution >= 0.6 is 24.0 Å². The minimum absolute atomic E-state index is 0. The van der Waals surface area contributed by atoms with E-state index in [1.165, 1.54) is 16.5 Å². The number of furan rings is 1. The molecule has 4 nitrogen and oxygen atoms in total. The molecule has 0 radical (unpaired) electrons. The van der Waals surface area contributed by atoms with Crippen LogP contribution in [0.15, 0.2) is 21.5 Å². The fourth-order valence-electron chi connectivity index (χ4n) is 3.09. The summed E-state index contributed by atoms with van der Waals surface area (Å²) < 4.78 is 6.08. The number of halogens is 2. The molecule has 0 spiro atoms. The zero-order chi connectivity index (χ0) is 13.7. The van der Waals surface area contributed by atoms with Crippen molar-refractivity contribution in [2.24, 2.45) is 4.99 Å². The Kier molecular flexibility index (Phi) is 3.86. The van der Waals surface area contributed by atoms with Gasteiger partial charge in [0.15, 0.2) is 11.6 Å². The van der Waals surface area contributed by atoms with Crippen molar-refractivity contribution >= 4 is 40.8 Å². The van der Waals surface area contributed by atoms with Crippen LogP contribution in [0.2, 0.25) is 5.02 Å². The Morgan fingerprint density at radius 3 is 2.95 bits per heavy atom. The van der Waals surface area contributed by atoms with E-state index in [2.05, 4.69) is 22.3 Å². The van der Waals surface area contributed by atoms with Crippen LogP contribution in [0.25, 0.3) is 11.0 Å². The second kappa shape index (κ2) is 5.52. The molecule has 6 heteroatoms. The quantitative estimate of drug-likeness (QED) is 0.876. The highest BCUT2D eigenvalue weighted by atomic mass is 35.5. The zero-order valence-corrected chi connectivity index (χ0v) is 13.4. The van der Waals surface area contributed by atoms with Crippen molar-refractivity contribution < 1.29 is 4.42 Å². The number of benzene rings is 1. The summed E-state index contributed by atoms with van der Waals surface area (Å²) >= 11 is 6.39. The Balaban J connectivity index is 0.00000132. The van der Waals surface area contributed by atoms with Gasteiger partial charge in [0, 0.05) is 35.6 Å². The fraction of sp³-hybridized carbons (Fsp3) is 0.400. The maximum atomic E-state index is 6.39. The third kappa shape index (κ3) is 2.31. The largest absolute Gasteiger partial charge is 0.452 e. The highest BCUT2D eigenvalue weighted by molar-refractivity contribution is 6.32. The van der Waals surface area contributed by atoms with Crippen LogP contribution < -0.4 is 5.32 Å². The lowest BCUT2D eigenvalue weighted by molar-refractivity contribution is 0.334. The molecule has 0 aliphatic carbocycles. The van der Waals surface area contributed by atoms with E-state index >= 15 is 0 Å². The molecular weight excluding hydrogens is 309 g/mol. The first-order valence-electron chi connectivity index (χ1n) is 6.94. The zero-order valence-electron chi connectivity index (χ0n) is 11.8. The van der Waals surface area contributed by atoms with E-state index in [0.717, 1.165) is 54.8 Å². The van der Waals surface area contributed by atoms with Crippen LogP contribution in [0.3, 0.4) is 0 Å². The fourth-order valence-corrected chi connectivity index (χ4v) is 3.34. The third-order valence-electron chi connectivity index (χ3n) is 4.07. The number of likely N-dealkylation sites (N-methyl/N-ethyl adjacent to an activating group) is 1. The van der Waals surface area contributed by atoms with Crippen molar-refractivity contribution in [1.29, 1.82) is 0 Å². The second-order valence-electron chi connectivity index (χ2n) is 5.45. The molecule has 0 amide bonds. The second-order valence-corrected chi connectivity index (χ2v) is 5.86. The van der Waals surface area contributed by atoms with Crippen molar-refractivity contribution in [3.8, 4) is 0 Å². The van der Waals surface area contributed by atoms with Gasteiger partial charge in [-0.1, -0.05) is 11.6 Å². The van der Waals surface area contributed by atoms with Crippen LogP contribution in [-0.2, 0) is 13.0 Å². The van der Waals surface area contributed by atoms with Crippen molar-refractivity contribution in [1.82, 2.24) is 10.2 Å². The average Bonchev–Trinajstić information content (AvgIpc) is 3.02. The first-order valence-corrected chi connectivity index (χ1v) is 7.32. The van der Waals surface area contributed by atoms with Gasteiger partial charge >= 0.3 is 0 Å². The number of amidine groups is 1. The van der Waals surface area contributed by atoms with Gasteiger partial charge in [-0.25, -0.2) is 0 Å². The predicted molar refractivity (Wildman–Crippen MR) is 87.9 cm³/mol. The maximum absolute atomic E-state index is 6.39. The van der Waals surface area contributed by atoms with Crippen LogP contribution in [0, 0.1) is 0 Å². The van der Waals surface area contributed by atoms with E-state index in [-0.39, 0.29) is 12.4 Å². The SMILES string of the molecule is CN1CCc2c(Cl)ccc3oc(C4=NCCN4)c(c23)C1.Cl. The van der Waals surface area contributed by atoms with E-state index in [1.807, 2.05) is 12.1 Å². The number of rotatable bonds is 1. The van der Waals surface area contributed by atoms with Gasteiger partial charge in [-0.2, -0.15) is 0 Å². The van der Waals surface area contributed by atoms with Gasteiger partial charge < -0.3 is 14.6 Å². The van der Waals surface area contributed by atoms with Gasteiger partial charge in [0.25, 0.3) is 0 Å². The molecule has 21 heavy (non-hydrogen) atoms. The van der Waals surface area contributed by atoms with Crippen LogP contribution in [0.5, 0.6) is 0 Å². The molecule has 112 valence electrons. The highest BCUT2D eigenvalue weighted by Crippen LogP contribution is 2.36. The summed E-state index contributed by atoms with van der Waals surface area (Å²) in [6.07, 6.45) is 0.957. The van der Waals surface area contributed by atoms with Crippen LogP contribution in [-0.4, -0.2) is 37.4 Å². The summed E-state index contributed by atoms with van der Waals surface area (Å²) in [6.45, 7) is 3.58. The molecule has 0 unspecified atom stereocenters. The highest BCUT2D eigenvalue weighted by Gasteiger charge is 2.26. The molecule has 0 fully saturated rings. The van der Waals surface area contributed by atoms with E-state index in [9.17, 15) is 0 Å². The first kappa shape index (κ1) is 14.7. The topological polar surface area (TPSA) is 40.8 Å². The van der Waals surface area contributed by atoms with Gasteiger partial charge in [0.05, 0.1) is 6.54 Å². The van der Waals surface area contributed by atoms with E-state index in [0.29, 0.717) is 0 Å². The Bertz CT molecular complexity index is 723. The summed E-state index contributed by atoms with van der Waals surface area (Å²) in [7, 11) is 2.13. The molecule has 1 N–H and O–H groups in total. The molecule has 1 aromatic heterocycles. The maximum Gasteiger partial charge on any atom is 0.174 e. The summed E-state index contributed by atoms with van der Waals surface area (Å²) in [5.41, 5.74) is 3.34. The monoisotopic (exact) mass is 325 g/mol. The third-order valence-corrected chi connectivity index (χ3v) is 4.42. The summed E-state index contributed by atoms with van der Waals surface area (Å²) in [5.74, 6) is 1.77. The smallest absolute Gasteiger partial charge is 0.174 e. The molecule has 2 aromatic rings. The molecule has 3 heterocycles. The van der Waals surface area contributed by atoms with Gasteiger partial charge in [0.2, 0.25) is 0 Å². The number of nitrogens with zero attached hydrogens (tertiary/aromatic N) is 2. The molecule has 4 rings (SSSR count). The first-order chi connectivity index (χ1) is 9.74. The van der Waals surface area contributed by atoms with Crippen LogP contribution in [0.1, 0.15) is 16.9 Å². The van der Waals surface area contributed by atoms with Crippen molar-refractivity contribution in [2.75, 3.05) is 26.7 Å². The molecule has 0 bridgehead atoms. The van der Waals surface area contributed by atoms with Crippen LogP contribution in [0.4, 0.5) is 0 Å². The summed E-state index contributed by atoms with van der Waals surface area (Å²) in [4.78, 5) is 6.81. The molecule has 1 aromatic carbocycles. The van der Waals surface area contributed by atoms with Crippen molar-refractivity contribution in [3.05, 3.63) is 34.0 Å². The molecule has 0 atom stereocenters. The Hall–Kier alpha value is -1.23. The normalized spacial score (nSPS) is 18.1. The predicted octanol–water partition coefficient (Wildman–Crippen LogP) is 2.85. The average molecular weight is 326 g/mol. The minimum atomic E-state index is 0. The molecule has 2 aliphatic heterocycles. The molecular formula is C15H17Cl2N3O. The Morgan fingerprint density at radius 1 is 1.33 bits per heavy atom. The van der Waals surface area contributed by atoms with Crippen molar-refractivity contribution in [2.45, 2.75) is 13.0 Å². The van der Waals surface area contributed by atoms with E-state index < -0.39 is 0 Å². The summed E-state index contributed by atoms with van der Waals surface area (Å²) in [5, 5.41) is 5.33. The van der Waals surface area contributed by atoms with Gasteiger partial charge in [-0.3, -0.25) is 4.99 Å². The lowest BCUT2D eigenvalue weighted by Gasteiger charge is -2.13. The number of aliphatic imine (C=N–C) groups is 1. The summed E-state index contributed by atoms with van der Waals surface area (Å²) in [6, 6.07) is 3.90. The Morgan fingerprint density at radius 2 is 2.19 bits per heavy atom. The van der Waals surface area contributed by atoms with Crippen molar-refractivity contribution in [3.63, 3.8) is 0 Å². The van der Waals surface area contributed by atoms with E-state index in [4.69, 9.17) is 16.0 Å². The minimum Gasteiger partial charge on any atom is -0.452 e.